The van der Waals surface area contributed by atoms with E-state index in [-0.39, 0.29) is 12.3 Å². The third-order valence-corrected chi connectivity index (χ3v) is 6.91. The molecule has 1 N–H and O–H groups in total. The Morgan fingerprint density at radius 2 is 2.06 bits per heavy atom. The van der Waals surface area contributed by atoms with Gasteiger partial charge in [-0.05, 0) is 17.9 Å². The summed E-state index contributed by atoms with van der Waals surface area (Å²) in [6.45, 7) is 6.32. The Hall–Kier alpha value is -2.69. The first-order chi connectivity index (χ1) is 16.5. The van der Waals surface area contributed by atoms with Gasteiger partial charge in [-0.1, -0.05) is 36.9 Å². The van der Waals surface area contributed by atoms with Gasteiger partial charge >= 0.3 is 5.97 Å². The summed E-state index contributed by atoms with van der Waals surface area (Å²) in [7, 11) is 1.30. The van der Waals surface area contributed by atoms with Crippen LogP contribution in [0, 0.1) is 5.82 Å². The summed E-state index contributed by atoms with van der Waals surface area (Å²) in [5.41, 5.74) is 1.85. The van der Waals surface area contributed by atoms with Crippen molar-refractivity contribution in [3.05, 3.63) is 58.0 Å². The zero-order valence-corrected chi connectivity index (χ0v) is 20.2. The molecular weight excluding hydrogens is 459 g/mol. The lowest BCUT2D eigenvalue weighted by atomic mass is 9.92. The molecule has 0 aromatic heterocycles. The Morgan fingerprint density at radius 1 is 1.29 bits per heavy atom. The van der Waals surface area contributed by atoms with E-state index in [0.717, 1.165) is 19.6 Å². The van der Waals surface area contributed by atoms with E-state index in [2.05, 4.69) is 15.2 Å². The van der Waals surface area contributed by atoms with Gasteiger partial charge in [0.25, 0.3) is 0 Å². The molecule has 1 aromatic carbocycles. The van der Waals surface area contributed by atoms with Crippen LogP contribution in [0.1, 0.15) is 31.4 Å². The summed E-state index contributed by atoms with van der Waals surface area (Å²) >= 11 is 1.37. The summed E-state index contributed by atoms with van der Waals surface area (Å²) in [5, 5.41) is 5.44. The van der Waals surface area contributed by atoms with Crippen LogP contribution in [-0.2, 0) is 19.1 Å². The van der Waals surface area contributed by atoms with Gasteiger partial charge < -0.3 is 19.7 Å². The van der Waals surface area contributed by atoms with Gasteiger partial charge in [0.15, 0.2) is 5.17 Å². The van der Waals surface area contributed by atoms with Gasteiger partial charge in [-0.25, -0.2) is 14.2 Å². The van der Waals surface area contributed by atoms with Crippen LogP contribution in [0.2, 0.25) is 0 Å². The number of halogens is 1. The zero-order chi connectivity index (χ0) is 24.1. The van der Waals surface area contributed by atoms with Crippen molar-refractivity contribution in [2.45, 2.75) is 25.8 Å². The molecule has 34 heavy (non-hydrogen) atoms. The number of ether oxygens (including phenoxy) is 2. The predicted octanol–water partition coefficient (Wildman–Crippen LogP) is 2.80. The predicted molar refractivity (Wildman–Crippen MR) is 128 cm³/mol. The second-order valence-electron chi connectivity index (χ2n) is 8.10. The summed E-state index contributed by atoms with van der Waals surface area (Å²) in [6.07, 6.45) is 0.584. The largest absolute Gasteiger partial charge is 0.466 e. The summed E-state index contributed by atoms with van der Waals surface area (Å²) in [4.78, 5) is 34.3. The molecule has 0 saturated carbocycles. The Balaban J connectivity index is 1.55. The van der Waals surface area contributed by atoms with E-state index in [1.807, 2.05) is 12.3 Å². The van der Waals surface area contributed by atoms with E-state index in [1.54, 1.807) is 23.1 Å². The van der Waals surface area contributed by atoms with E-state index in [4.69, 9.17) is 9.47 Å². The number of hydrogen-bond acceptors (Lipinski definition) is 8. The van der Waals surface area contributed by atoms with E-state index in [1.165, 1.54) is 24.9 Å². The van der Waals surface area contributed by atoms with Crippen molar-refractivity contribution >= 4 is 28.8 Å². The van der Waals surface area contributed by atoms with Crippen LogP contribution in [-0.4, -0.2) is 73.3 Å². The molecule has 0 unspecified atom stereocenters. The van der Waals surface area contributed by atoms with Crippen molar-refractivity contribution in [3.8, 4) is 0 Å². The van der Waals surface area contributed by atoms with E-state index < -0.39 is 17.8 Å². The van der Waals surface area contributed by atoms with Crippen molar-refractivity contribution in [3.63, 3.8) is 0 Å². The fraction of sp³-hybridized carbons (Fsp3) is 0.458. The number of morpholine rings is 1. The Bertz CT molecular complexity index is 1040. The molecule has 182 valence electrons. The van der Waals surface area contributed by atoms with Gasteiger partial charge in [0, 0.05) is 37.4 Å². The van der Waals surface area contributed by atoms with Crippen LogP contribution >= 0.6 is 11.8 Å². The maximum atomic E-state index is 15.0. The van der Waals surface area contributed by atoms with Gasteiger partial charge in [0.1, 0.15) is 5.82 Å². The third kappa shape index (κ3) is 5.18. The molecule has 0 aliphatic carbocycles. The van der Waals surface area contributed by atoms with Crippen molar-refractivity contribution in [2.75, 3.05) is 46.5 Å². The zero-order valence-electron chi connectivity index (χ0n) is 19.4. The van der Waals surface area contributed by atoms with E-state index in [0.29, 0.717) is 53.9 Å². The van der Waals surface area contributed by atoms with Crippen LogP contribution < -0.4 is 5.32 Å². The van der Waals surface area contributed by atoms with Gasteiger partial charge in [0.2, 0.25) is 5.91 Å². The molecule has 3 heterocycles. The average Bonchev–Trinajstić information content (AvgIpc) is 3.25. The standard InChI is InChI=1S/C24H29FN4O4S/c1-3-19-21(23(31)32-2)22(17-6-4-5-7-18(17)25)29-16(15-34-24(29)27-19)14-20(30)26-8-9-28-10-12-33-13-11-28/h4-7,15,22H,3,8-14H2,1-2H3,(H,26,30)/t22-/m0/s1. The molecule has 1 saturated heterocycles. The number of methoxy groups -OCH3 is 1. The summed E-state index contributed by atoms with van der Waals surface area (Å²) in [6, 6.07) is 5.60. The molecule has 1 fully saturated rings. The minimum Gasteiger partial charge on any atom is -0.466 e. The summed E-state index contributed by atoms with van der Waals surface area (Å²) < 4.78 is 25.4. The number of fused-ring (bicyclic) bond motifs is 1. The highest BCUT2D eigenvalue weighted by Gasteiger charge is 2.42. The van der Waals surface area contributed by atoms with Gasteiger partial charge in [-0.3, -0.25) is 9.69 Å². The molecule has 1 aromatic rings. The maximum Gasteiger partial charge on any atom is 0.338 e. The lowest BCUT2D eigenvalue weighted by Crippen LogP contribution is -2.42. The number of carbonyl (C=O) groups excluding carboxylic acids is 2. The minimum atomic E-state index is -0.765. The number of carbonyl (C=O) groups is 2. The number of nitrogens with zero attached hydrogens (tertiary/aromatic N) is 3. The first kappa shape index (κ1) is 24.4. The fourth-order valence-electron chi connectivity index (χ4n) is 4.31. The molecule has 3 aliphatic heterocycles. The molecule has 0 spiro atoms. The highest BCUT2D eigenvalue weighted by Crippen LogP contribution is 2.45. The number of amides is 1. The fourth-order valence-corrected chi connectivity index (χ4v) is 5.25. The van der Waals surface area contributed by atoms with Crippen molar-refractivity contribution in [1.82, 2.24) is 15.1 Å². The molecule has 3 aliphatic rings. The first-order valence-electron chi connectivity index (χ1n) is 11.4. The molecule has 10 heteroatoms. The number of aliphatic imine (C=N–C) groups is 1. The third-order valence-electron chi connectivity index (χ3n) is 6.02. The highest BCUT2D eigenvalue weighted by molar-refractivity contribution is 8.16. The van der Waals surface area contributed by atoms with Gasteiger partial charge in [0.05, 0.1) is 44.1 Å². The highest BCUT2D eigenvalue weighted by atomic mass is 32.2. The molecule has 1 atom stereocenters. The molecular formula is C24H29FN4O4S. The normalized spacial score (nSPS) is 20.6. The number of nitrogens with one attached hydrogen (secondary N) is 1. The van der Waals surface area contributed by atoms with Crippen LogP contribution in [0.15, 0.2) is 51.6 Å². The van der Waals surface area contributed by atoms with Gasteiger partial charge in [-0.2, -0.15) is 0 Å². The minimum absolute atomic E-state index is 0.0932. The Morgan fingerprint density at radius 3 is 2.76 bits per heavy atom. The molecule has 4 rings (SSSR count). The van der Waals surface area contributed by atoms with Crippen LogP contribution in [0.25, 0.3) is 0 Å². The molecule has 1 amide bonds. The second-order valence-corrected chi connectivity index (χ2v) is 8.94. The average molecular weight is 489 g/mol. The topological polar surface area (TPSA) is 83.5 Å². The molecule has 0 radical (unpaired) electrons. The van der Waals surface area contributed by atoms with Crippen LogP contribution in [0.5, 0.6) is 0 Å². The van der Waals surface area contributed by atoms with Crippen molar-refractivity contribution < 1.29 is 23.5 Å². The maximum absolute atomic E-state index is 15.0. The van der Waals surface area contributed by atoms with Crippen molar-refractivity contribution in [1.29, 1.82) is 0 Å². The van der Waals surface area contributed by atoms with Crippen molar-refractivity contribution in [2.24, 2.45) is 4.99 Å². The number of benzene rings is 1. The first-order valence-corrected chi connectivity index (χ1v) is 12.3. The monoisotopic (exact) mass is 488 g/mol. The Kier molecular flexibility index (Phi) is 8.02. The Labute approximate surface area is 202 Å². The smallest absolute Gasteiger partial charge is 0.338 e. The van der Waals surface area contributed by atoms with E-state index >= 15 is 0 Å². The SMILES string of the molecule is CCC1=C(C(=O)OC)[C@H](c2ccccc2F)N2C(CC(=O)NCCN3CCOCC3)=CSC2=N1. The lowest BCUT2D eigenvalue weighted by molar-refractivity contribution is -0.136. The number of hydrogen-bond donors (Lipinski definition) is 1. The second kappa shape index (κ2) is 11.2. The van der Waals surface area contributed by atoms with Gasteiger partial charge in [-0.15, -0.1) is 0 Å². The lowest BCUT2D eigenvalue weighted by Gasteiger charge is -2.36. The van der Waals surface area contributed by atoms with Crippen LogP contribution in [0.4, 0.5) is 4.39 Å². The number of amidine groups is 1. The van der Waals surface area contributed by atoms with E-state index in [9.17, 15) is 14.0 Å². The molecule has 8 nitrogen and oxygen atoms in total. The number of rotatable bonds is 8. The van der Waals surface area contributed by atoms with Crippen LogP contribution in [0.3, 0.4) is 0 Å². The molecule has 0 bridgehead atoms. The quantitative estimate of drug-likeness (QED) is 0.564. The number of thioether (sulfide) groups is 1. The number of allylic oxidation sites excluding steroid dienone is 1. The number of esters is 1. The summed E-state index contributed by atoms with van der Waals surface area (Å²) in [5.74, 6) is -1.13.